The summed E-state index contributed by atoms with van der Waals surface area (Å²) >= 11 is 12.1. The second kappa shape index (κ2) is 8.81. The highest BCUT2D eigenvalue weighted by Gasteiger charge is 2.23. The molecule has 7 nitrogen and oxygen atoms in total. The van der Waals surface area contributed by atoms with Gasteiger partial charge in [-0.25, -0.2) is 13.2 Å². The number of hydrogen-bond donors (Lipinski definition) is 1. The average Bonchev–Trinajstić information content (AvgIpc) is 2.62. The lowest BCUT2D eigenvalue weighted by Crippen LogP contribution is -2.38. The second-order valence-corrected chi connectivity index (χ2v) is 8.61. The number of carbonyl (C=O) groups is 2. The molecule has 0 aliphatic rings. The number of carbonyl (C=O) groups excluding carboxylic acids is 2. The summed E-state index contributed by atoms with van der Waals surface area (Å²) in [5.41, 5.74) is 1.16. The number of sulfonamides is 1. The van der Waals surface area contributed by atoms with Crippen LogP contribution in [-0.4, -0.2) is 40.2 Å². The van der Waals surface area contributed by atoms with Crippen LogP contribution in [-0.2, 0) is 19.6 Å². The zero-order valence-corrected chi connectivity index (χ0v) is 17.7. The number of ether oxygens (including phenoxy) is 1. The molecule has 0 bridgehead atoms. The number of rotatable bonds is 6. The zero-order valence-electron chi connectivity index (χ0n) is 15.3. The molecule has 0 aliphatic heterocycles. The first-order chi connectivity index (χ1) is 13.0. The van der Waals surface area contributed by atoms with E-state index < -0.39 is 28.4 Å². The second-order valence-electron chi connectivity index (χ2n) is 5.89. The molecule has 2 rings (SSSR count). The number of nitrogens with zero attached hydrogens (tertiary/aromatic N) is 1. The summed E-state index contributed by atoms with van der Waals surface area (Å²) in [6, 6.07) is 9.00. The minimum absolute atomic E-state index is 0.158. The summed E-state index contributed by atoms with van der Waals surface area (Å²) in [6.07, 6.45) is 0.992. The molecule has 2 aromatic carbocycles. The van der Waals surface area contributed by atoms with Crippen LogP contribution in [0.25, 0.3) is 0 Å². The van der Waals surface area contributed by atoms with Crippen LogP contribution >= 0.6 is 23.2 Å². The van der Waals surface area contributed by atoms with Crippen molar-refractivity contribution in [2.45, 2.75) is 6.92 Å². The number of esters is 1. The predicted molar refractivity (Wildman–Crippen MR) is 110 cm³/mol. The first kappa shape index (κ1) is 22.0. The van der Waals surface area contributed by atoms with Crippen LogP contribution in [0.1, 0.15) is 15.9 Å². The maximum absolute atomic E-state index is 12.5. The third-order valence-electron chi connectivity index (χ3n) is 3.86. The molecule has 10 heteroatoms. The van der Waals surface area contributed by atoms with Crippen LogP contribution in [0.15, 0.2) is 36.4 Å². The lowest BCUT2D eigenvalue weighted by molar-refractivity contribution is -0.114. The van der Waals surface area contributed by atoms with Gasteiger partial charge in [-0.1, -0.05) is 29.3 Å². The number of amides is 1. The van der Waals surface area contributed by atoms with Crippen molar-refractivity contribution < 1.29 is 22.7 Å². The quantitative estimate of drug-likeness (QED) is 0.688. The Balaban J connectivity index is 2.31. The Bertz CT molecular complexity index is 1020. The van der Waals surface area contributed by atoms with Crippen molar-refractivity contribution in [1.82, 2.24) is 0 Å². The maximum atomic E-state index is 12.5. The maximum Gasteiger partial charge on any atom is 0.337 e. The minimum Gasteiger partial charge on any atom is -0.465 e. The topological polar surface area (TPSA) is 92.8 Å². The first-order valence-corrected chi connectivity index (χ1v) is 10.6. The van der Waals surface area contributed by atoms with Crippen LogP contribution in [0.5, 0.6) is 0 Å². The number of anilines is 2. The monoisotopic (exact) mass is 444 g/mol. The Labute approximate surface area is 173 Å². The normalized spacial score (nSPS) is 11.0. The molecule has 28 heavy (non-hydrogen) atoms. The van der Waals surface area contributed by atoms with Crippen LogP contribution in [0.2, 0.25) is 10.0 Å². The molecule has 0 radical (unpaired) electrons. The summed E-state index contributed by atoms with van der Waals surface area (Å²) in [7, 11) is -2.54. The fraction of sp³-hybridized carbons (Fsp3) is 0.222. The Hall–Kier alpha value is -2.29. The predicted octanol–water partition coefficient (Wildman–Crippen LogP) is 3.49. The van der Waals surface area contributed by atoms with Gasteiger partial charge in [-0.05, 0) is 42.8 Å². The average molecular weight is 445 g/mol. The van der Waals surface area contributed by atoms with Crippen molar-refractivity contribution in [2.75, 3.05) is 29.5 Å². The molecular formula is C18H18Cl2N2O5S. The fourth-order valence-corrected chi connectivity index (χ4v) is 3.67. The van der Waals surface area contributed by atoms with Crippen LogP contribution in [0, 0.1) is 6.92 Å². The lowest BCUT2D eigenvalue weighted by atomic mass is 10.2. The van der Waals surface area contributed by atoms with Crippen molar-refractivity contribution in [2.24, 2.45) is 0 Å². The van der Waals surface area contributed by atoms with Gasteiger partial charge in [0.1, 0.15) is 6.54 Å². The van der Waals surface area contributed by atoms with Crippen LogP contribution < -0.4 is 9.62 Å². The highest BCUT2D eigenvalue weighted by molar-refractivity contribution is 7.92. The van der Waals surface area contributed by atoms with Crippen LogP contribution in [0.3, 0.4) is 0 Å². The molecule has 0 aliphatic carbocycles. The molecule has 0 saturated carbocycles. The zero-order chi connectivity index (χ0) is 21.1. The third kappa shape index (κ3) is 5.15. The first-order valence-electron chi connectivity index (χ1n) is 7.95. The number of hydrogen-bond acceptors (Lipinski definition) is 5. The van der Waals surface area contributed by atoms with Gasteiger partial charge in [-0.2, -0.15) is 0 Å². The number of benzene rings is 2. The van der Waals surface area contributed by atoms with Gasteiger partial charge in [0.15, 0.2) is 0 Å². The van der Waals surface area contributed by atoms with E-state index in [0.717, 1.165) is 10.6 Å². The van der Waals surface area contributed by atoms with Crippen molar-refractivity contribution in [3.05, 3.63) is 57.6 Å². The molecule has 0 unspecified atom stereocenters. The van der Waals surface area contributed by atoms with Crippen molar-refractivity contribution in [3.8, 4) is 0 Å². The largest absolute Gasteiger partial charge is 0.465 e. The third-order valence-corrected chi connectivity index (χ3v) is 5.72. The van der Waals surface area contributed by atoms with E-state index >= 15 is 0 Å². The van der Waals surface area contributed by atoms with Gasteiger partial charge in [0.2, 0.25) is 15.9 Å². The van der Waals surface area contributed by atoms with Crippen molar-refractivity contribution in [1.29, 1.82) is 0 Å². The molecule has 0 saturated heterocycles. The molecule has 1 amide bonds. The van der Waals surface area contributed by atoms with Gasteiger partial charge >= 0.3 is 5.97 Å². The summed E-state index contributed by atoms with van der Waals surface area (Å²) in [4.78, 5) is 24.2. The fourth-order valence-electron chi connectivity index (χ4n) is 2.43. The Morgan fingerprint density at radius 2 is 1.82 bits per heavy atom. The molecule has 0 fully saturated rings. The summed E-state index contributed by atoms with van der Waals surface area (Å²) in [5, 5.41) is 3.08. The molecule has 0 aromatic heterocycles. The number of halogens is 2. The molecule has 1 N–H and O–H groups in total. The summed E-state index contributed by atoms with van der Waals surface area (Å²) < 4.78 is 30.1. The van der Waals surface area contributed by atoms with Crippen LogP contribution in [0.4, 0.5) is 11.4 Å². The molecule has 0 heterocycles. The van der Waals surface area contributed by atoms with E-state index in [1.165, 1.54) is 25.3 Å². The van der Waals surface area contributed by atoms with E-state index in [4.69, 9.17) is 23.2 Å². The highest BCUT2D eigenvalue weighted by atomic mass is 35.5. The number of methoxy groups -OCH3 is 1. The Morgan fingerprint density at radius 1 is 1.14 bits per heavy atom. The van der Waals surface area contributed by atoms with Gasteiger partial charge in [-0.15, -0.1) is 0 Å². The van der Waals surface area contributed by atoms with Crippen molar-refractivity contribution >= 4 is 56.5 Å². The molecule has 150 valence electrons. The minimum atomic E-state index is -3.77. The van der Waals surface area contributed by atoms with Gasteiger partial charge in [0.05, 0.1) is 35.3 Å². The smallest absolute Gasteiger partial charge is 0.337 e. The van der Waals surface area contributed by atoms with E-state index in [2.05, 4.69) is 10.1 Å². The molecule has 2 aromatic rings. The lowest BCUT2D eigenvalue weighted by Gasteiger charge is -2.24. The highest BCUT2D eigenvalue weighted by Crippen LogP contribution is 2.28. The Kier molecular flexibility index (Phi) is 6.92. The van der Waals surface area contributed by atoms with Crippen molar-refractivity contribution in [3.63, 3.8) is 0 Å². The molecule has 0 spiro atoms. The van der Waals surface area contributed by atoms with Gasteiger partial charge < -0.3 is 10.1 Å². The van der Waals surface area contributed by atoms with E-state index in [0.29, 0.717) is 16.3 Å². The molecule has 0 atom stereocenters. The van der Waals surface area contributed by atoms with E-state index in [-0.39, 0.29) is 16.3 Å². The Morgan fingerprint density at radius 3 is 2.43 bits per heavy atom. The van der Waals surface area contributed by atoms with E-state index in [1.54, 1.807) is 25.1 Å². The summed E-state index contributed by atoms with van der Waals surface area (Å²) in [5.74, 6) is -1.24. The van der Waals surface area contributed by atoms with Gasteiger partial charge in [0, 0.05) is 5.02 Å². The summed E-state index contributed by atoms with van der Waals surface area (Å²) in [6.45, 7) is 1.16. The van der Waals surface area contributed by atoms with Gasteiger partial charge in [0.25, 0.3) is 0 Å². The SMILES string of the molecule is COC(=O)c1ccc(Cl)c(NC(=O)CN(c2cccc(Cl)c2C)S(C)(=O)=O)c1. The standard InChI is InChI=1S/C18H18Cl2N2O5S/c1-11-13(19)5-4-6-16(11)22(28(3,25)26)10-17(23)21-15-9-12(18(24)27-2)7-8-14(15)20/h4-9H,10H2,1-3H3,(H,21,23). The number of nitrogens with one attached hydrogen (secondary N) is 1. The molecular weight excluding hydrogens is 427 g/mol. The van der Waals surface area contributed by atoms with E-state index in [1.807, 2.05) is 0 Å². The van der Waals surface area contributed by atoms with Gasteiger partial charge in [-0.3, -0.25) is 9.10 Å². The van der Waals surface area contributed by atoms with E-state index in [9.17, 15) is 18.0 Å².